The molecule has 5 aromatic carbocycles. The molecule has 0 N–H and O–H groups in total. The van der Waals surface area contributed by atoms with Gasteiger partial charge in [-0.1, -0.05) is 78.9 Å². The third kappa shape index (κ3) is 7.29. The lowest BCUT2D eigenvalue weighted by atomic mass is 9.80. The van der Waals surface area contributed by atoms with Gasteiger partial charge >= 0.3 is 11.9 Å². The number of fused-ring (bicyclic) bond motifs is 3. The Morgan fingerprint density at radius 3 is 1.82 bits per heavy atom. The van der Waals surface area contributed by atoms with Gasteiger partial charge in [0.25, 0.3) is 0 Å². The maximum Gasteiger partial charge on any atom is 0.306 e. The van der Waals surface area contributed by atoms with Crippen LogP contribution >= 0.6 is 0 Å². The molecule has 0 spiro atoms. The minimum atomic E-state index is -0.942. The van der Waals surface area contributed by atoms with Gasteiger partial charge in [0.1, 0.15) is 36.1 Å². The van der Waals surface area contributed by atoms with E-state index in [1.165, 1.54) is 7.11 Å². The number of carbonyl (C=O) groups excluding carboxylic acids is 2. The third-order valence-corrected chi connectivity index (χ3v) is 8.68. The summed E-state index contributed by atoms with van der Waals surface area (Å²) in [5.41, 5.74) is 6.80. The molecule has 0 fully saturated rings. The SMILES string of the molecule is COC(=O)CCC(=O)OCc1ccc2c(c1)COc1cc(COC(c3ccccc3)(c3ccc(OC)cc3)c3ccc(OC)cc3)ccc1-2. The van der Waals surface area contributed by atoms with E-state index in [4.69, 9.17) is 23.7 Å². The standard InChI is InChI=1S/C41H38O8/c1-44-34-15-11-32(12-16-34)41(31-7-5-4-6-8-31,33-13-17-35(45-2)18-14-33)49-26-29-10-20-37-36-19-9-28(23-30(36)27-47-38(37)24-29)25-48-40(43)22-21-39(42)46-3/h4-20,23-24H,21-22,25-27H2,1-3H3. The molecule has 8 heteroatoms. The maximum absolute atomic E-state index is 12.1. The number of ether oxygens (including phenoxy) is 6. The molecule has 250 valence electrons. The van der Waals surface area contributed by atoms with E-state index in [9.17, 15) is 9.59 Å². The normalized spacial score (nSPS) is 11.8. The molecule has 8 nitrogen and oxygen atoms in total. The molecule has 0 aromatic heterocycles. The minimum Gasteiger partial charge on any atom is -0.497 e. The maximum atomic E-state index is 12.1. The summed E-state index contributed by atoms with van der Waals surface area (Å²) in [4.78, 5) is 23.4. The Hall–Kier alpha value is -5.60. The van der Waals surface area contributed by atoms with E-state index in [0.717, 1.165) is 61.8 Å². The van der Waals surface area contributed by atoms with Gasteiger partial charge in [-0.25, -0.2) is 0 Å². The van der Waals surface area contributed by atoms with Crippen molar-refractivity contribution in [2.24, 2.45) is 0 Å². The van der Waals surface area contributed by atoms with Crippen LogP contribution in [0.1, 0.15) is 46.2 Å². The zero-order valence-electron chi connectivity index (χ0n) is 27.8. The van der Waals surface area contributed by atoms with Crippen molar-refractivity contribution in [1.82, 2.24) is 0 Å². The van der Waals surface area contributed by atoms with E-state index >= 15 is 0 Å². The largest absolute Gasteiger partial charge is 0.497 e. The van der Waals surface area contributed by atoms with Crippen LogP contribution in [0.5, 0.6) is 17.2 Å². The summed E-state index contributed by atoms with van der Waals surface area (Å²) in [5.74, 6) is 1.40. The van der Waals surface area contributed by atoms with Crippen LogP contribution in [-0.2, 0) is 49.2 Å². The molecule has 1 aliphatic rings. The predicted octanol–water partition coefficient (Wildman–Crippen LogP) is 7.77. The van der Waals surface area contributed by atoms with Gasteiger partial charge in [-0.05, 0) is 75.3 Å². The molecule has 1 heterocycles. The van der Waals surface area contributed by atoms with Crippen molar-refractivity contribution in [1.29, 1.82) is 0 Å². The molecule has 0 bridgehead atoms. The van der Waals surface area contributed by atoms with Crippen LogP contribution in [0.4, 0.5) is 0 Å². The lowest BCUT2D eigenvalue weighted by Gasteiger charge is -2.36. The Morgan fingerprint density at radius 2 is 1.20 bits per heavy atom. The molecule has 1 aliphatic heterocycles. The second-order valence-corrected chi connectivity index (χ2v) is 11.6. The zero-order valence-corrected chi connectivity index (χ0v) is 27.8. The summed E-state index contributed by atoms with van der Waals surface area (Å²) < 4.78 is 34.2. The lowest BCUT2D eigenvalue weighted by Crippen LogP contribution is -2.32. The number of esters is 2. The monoisotopic (exact) mass is 658 g/mol. The summed E-state index contributed by atoms with van der Waals surface area (Å²) in [6.07, 6.45) is -0.0276. The van der Waals surface area contributed by atoms with Crippen LogP contribution < -0.4 is 14.2 Å². The predicted molar refractivity (Wildman–Crippen MR) is 184 cm³/mol. The molecule has 0 aliphatic carbocycles. The highest BCUT2D eigenvalue weighted by Crippen LogP contribution is 2.43. The van der Waals surface area contributed by atoms with Crippen LogP contribution in [0, 0.1) is 0 Å². The number of carbonyl (C=O) groups is 2. The molecular weight excluding hydrogens is 620 g/mol. The number of benzene rings is 5. The minimum absolute atomic E-state index is 0.00657. The van der Waals surface area contributed by atoms with E-state index in [-0.39, 0.29) is 19.4 Å². The van der Waals surface area contributed by atoms with E-state index < -0.39 is 17.5 Å². The first-order valence-electron chi connectivity index (χ1n) is 16.0. The van der Waals surface area contributed by atoms with Gasteiger partial charge in [0.15, 0.2) is 0 Å². The summed E-state index contributed by atoms with van der Waals surface area (Å²) in [6.45, 7) is 0.793. The van der Waals surface area contributed by atoms with Crippen LogP contribution in [0.2, 0.25) is 0 Å². The van der Waals surface area contributed by atoms with E-state index in [1.807, 2.05) is 91.0 Å². The molecule has 5 aromatic rings. The second-order valence-electron chi connectivity index (χ2n) is 11.6. The number of methoxy groups -OCH3 is 3. The van der Waals surface area contributed by atoms with Crippen molar-refractivity contribution >= 4 is 11.9 Å². The fourth-order valence-electron chi connectivity index (χ4n) is 6.08. The van der Waals surface area contributed by atoms with Crippen molar-refractivity contribution in [3.63, 3.8) is 0 Å². The quantitative estimate of drug-likeness (QED) is 0.0937. The van der Waals surface area contributed by atoms with Gasteiger partial charge < -0.3 is 28.4 Å². The van der Waals surface area contributed by atoms with Crippen LogP contribution in [0.3, 0.4) is 0 Å². The van der Waals surface area contributed by atoms with Crippen LogP contribution in [-0.4, -0.2) is 33.3 Å². The summed E-state index contributed by atoms with van der Waals surface area (Å²) in [5, 5.41) is 0. The van der Waals surface area contributed by atoms with Gasteiger partial charge in [-0.15, -0.1) is 0 Å². The molecule has 49 heavy (non-hydrogen) atoms. The van der Waals surface area contributed by atoms with Gasteiger partial charge in [-0.3, -0.25) is 9.59 Å². The molecule has 0 radical (unpaired) electrons. The van der Waals surface area contributed by atoms with E-state index in [2.05, 4.69) is 29.0 Å². The van der Waals surface area contributed by atoms with Gasteiger partial charge in [0.2, 0.25) is 0 Å². The average Bonchev–Trinajstić information content (AvgIpc) is 3.16. The first-order valence-corrected chi connectivity index (χ1v) is 16.0. The molecule has 0 saturated heterocycles. The fourth-order valence-corrected chi connectivity index (χ4v) is 6.08. The van der Waals surface area contributed by atoms with Crippen LogP contribution in [0.15, 0.2) is 115 Å². The lowest BCUT2D eigenvalue weighted by molar-refractivity contribution is -0.149. The van der Waals surface area contributed by atoms with E-state index in [1.54, 1.807) is 14.2 Å². The fraction of sp³-hybridized carbons (Fsp3) is 0.220. The molecule has 0 amide bonds. The van der Waals surface area contributed by atoms with Crippen molar-refractivity contribution < 1.29 is 38.0 Å². The number of hydrogen-bond acceptors (Lipinski definition) is 8. The molecule has 0 atom stereocenters. The highest BCUT2D eigenvalue weighted by molar-refractivity contribution is 5.78. The first kappa shape index (κ1) is 33.3. The van der Waals surface area contributed by atoms with Crippen molar-refractivity contribution in [2.45, 2.75) is 38.3 Å². The van der Waals surface area contributed by atoms with Crippen LogP contribution in [0.25, 0.3) is 11.1 Å². The Bertz CT molecular complexity index is 1850. The third-order valence-electron chi connectivity index (χ3n) is 8.68. The molecule has 0 saturated carbocycles. The second kappa shape index (κ2) is 15.1. The smallest absolute Gasteiger partial charge is 0.306 e. The molecule has 6 rings (SSSR count). The summed E-state index contributed by atoms with van der Waals surface area (Å²) in [6, 6.07) is 38.3. The topological polar surface area (TPSA) is 89.5 Å². The Morgan fingerprint density at radius 1 is 0.633 bits per heavy atom. The number of hydrogen-bond donors (Lipinski definition) is 0. The summed E-state index contributed by atoms with van der Waals surface area (Å²) >= 11 is 0. The first-order chi connectivity index (χ1) is 23.9. The average molecular weight is 659 g/mol. The van der Waals surface area contributed by atoms with Crippen molar-refractivity contribution in [2.75, 3.05) is 21.3 Å². The number of rotatable bonds is 13. The Balaban J connectivity index is 1.26. The highest BCUT2D eigenvalue weighted by atomic mass is 16.5. The Labute approximate surface area is 286 Å². The van der Waals surface area contributed by atoms with Gasteiger partial charge in [-0.2, -0.15) is 0 Å². The molecular formula is C41H38O8. The molecule has 0 unspecified atom stereocenters. The highest BCUT2D eigenvalue weighted by Gasteiger charge is 2.38. The van der Waals surface area contributed by atoms with Gasteiger partial charge in [0, 0.05) is 5.56 Å². The zero-order chi connectivity index (χ0) is 34.2. The Kier molecular flexibility index (Phi) is 10.3. The van der Waals surface area contributed by atoms with Crippen molar-refractivity contribution in [3.05, 3.63) is 149 Å². The van der Waals surface area contributed by atoms with Crippen molar-refractivity contribution in [3.8, 4) is 28.4 Å². The van der Waals surface area contributed by atoms with Gasteiger partial charge in [0.05, 0.1) is 40.8 Å². The summed E-state index contributed by atoms with van der Waals surface area (Å²) in [7, 11) is 4.60. The van der Waals surface area contributed by atoms with E-state index in [0.29, 0.717) is 13.2 Å².